The van der Waals surface area contributed by atoms with E-state index in [0.29, 0.717) is 11.5 Å². The van der Waals surface area contributed by atoms with E-state index in [2.05, 4.69) is 15.6 Å². The number of carbonyl (C=O) groups excluding carboxylic acids is 2. The Hall–Kier alpha value is -2.11. The molecule has 2 amide bonds. The first-order valence-corrected chi connectivity index (χ1v) is 4.85. The number of aromatic nitrogens is 1. The van der Waals surface area contributed by atoms with Crippen molar-refractivity contribution in [1.82, 2.24) is 10.3 Å². The molecule has 1 aromatic heterocycles. The average molecular weight is 222 g/mol. The fourth-order valence-electron chi connectivity index (χ4n) is 1.09. The fraction of sp³-hybridized carbons (Fsp3) is 0.300. The van der Waals surface area contributed by atoms with Crippen molar-refractivity contribution >= 4 is 17.6 Å². The van der Waals surface area contributed by atoms with Gasteiger partial charge >= 0.3 is 0 Å². The van der Waals surface area contributed by atoms with Crippen molar-refractivity contribution in [1.29, 1.82) is 0 Å². The Balaban J connectivity index is 2.55. The molecule has 0 unspecified atom stereocenters. The third-order valence-corrected chi connectivity index (χ3v) is 1.89. The fourth-order valence-corrected chi connectivity index (χ4v) is 1.09. The van der Waals surface area contributed by atoms with Crippen LogP contribution in [0, 0.1) is 0 Å². The number of nitrogens with two attached hydrogens (primary N) is 1. The van der Waals surface area contributed by atoms with Crippen LogP contribution in [-0.4, -0.2) is 30.4 Å². The van der Waals surface area contributed by atoms with Crippen molar-refractivity contribution < 1.29 is 9.59 Å². The van der Waals surface area contributed by atoms with Crippen LogP contribution in [0.2, 0.25) is 0 Å². The van der Waals surface area contributed by atoms with Crippen LogP contribution in [0.4, 0.5) is 5.82 Å². The van der Waals surface area contributed by atoms with E-state index in [-0.39, 0.29) is 18.9 Å². The Kier molecular flexibility index (Phi) is 4.26. The summed E-state index contributed by atoms with van der Waals surface area (Å²) in [5.74, 6) is -0.155. The van der Waals surface area contributed by atoms with Crippen molar-refractivity contribution in [2.45, 2.75) is 6.42 Å². The average Bonchev–Trinajstić information content (AvgIpc) is 2.28. The maximum Gasteiger partial charge on any atom is 0.269 e. The van der Waals surface area contributed by atoms with Gasteiger partial charge in [0.2, 0.25) is 5.91 Å². The summed E-state index contributed by atoms with van der Waals surface area (Å²) in [6, 6.07) is 5.07. The van der Waals surface area contributed by atoms with Gasteiger partial charge in [-0.3, -0.25) is 9.59 Å². The topological polar surface area (TPSA) is 97.1 Å². The normalized spacial score (nSPS) is 9.56. The first-order valence-electron chi connectivity index (χ1n) is 4.85. The number of hydrogen-bond acceptors (Lipinski definition) is 4. The van der Waals surface area contributed by atoms with Crippen molar-refractivity contribution in [2.24, 2.45) is 5.73 Å². The quantitative estimate of drug-likeness (QED) is 0.638. The van der Waals surface area contributed by atoms with E-state index >= 15 is 0 Å². The third-order valence-electron chi connectivity index (χ3n) is 1.89. The summed E-state index contributed by atoms with van der Waals surface area (Å²) in [7, 11) is 1.72. The molecule has 0 saturated carbocycles. The highest BCUT2D eigenvalue weighted by Gasteiger charge is 2.07. The van der Waals surface area contributed by atoms with Gasteiger partial charge in [-0.1, -0.05) is 6.07 Å². The zero-order chi connectivity index (χ0) is 12.0. The molecule has 0 aromatic carbocycles. The molecular weight excluding hydrogens is 208 g/mol. The molecule has 4 N–H and O–H groups in total. The molecule has 0 aliphatic carbocycles. The summed E-state index contributed by atoms with van der Waals surface area (Å²) in [6.45, 7) is 0.222. The molecule has 0 saturated heterocycles. The molecule has 16 heavy (non-hydrogen) atoms. The number of primary amides is 1. The Bertz CT molecular complexity index is 392. The van der Waals surface area contributed by atoms with E-state index in [1.165, 1.54) is 0 Å². The molecule has 1 rings (SSSR count). The Morgan fingerprint density at radius 3 is 2.81 bits per heavy atom. The number of hydrogen-bond donors (Lipinski definition) is 3. The maximum absolute atomic E-state index is 11.5. The Morgan fingerprint density at radius 1 is 1.44 bits per heavy atom. The van der Waals surface area contributed by atoms with Gasteiger partial charge in [0.25, 0.3) is 5.91 Å². The largest absolute Gasteiger partial charge is 0.373 e. The number of amides is 2. The van der Waals surface area contributed by atoms with Crippen LogP contribution >= 0.6 is 0 Å². The monoisotopic (exact) mass is 222 g/mol. The molecule has 0 aliphatic heterocycles. The molecule has 6 nitrogen and oxygen atoms in total. The van der Waals surface area contributed by atoms with Gasteiger partial charge in [0.15, 0.2) is 0 Å². The van der Waals surface area contributed by atoms with Crippen molar-refractivity contribution in [3.63, 3.8) is 0 Å². The Morgan fingerprint density at radius 2 is 2.19 bits per heavy atom. The van der Waals surface area contributed by atoms with Crippen molar-refractivity contribution in [3.05, 3.63) is 23.9 Å². The van der Waals surface area contributed by atoms with Gasteiger partial charge in [0.05, 0.1) is 0 Å². The first kappa shape index (κ1) is 12.0. The number of carbonyl (C=O) groups is 2. The van der Waals surface area contributed by atoms with Crippen LogP contribution in [0.15, 0.2) is 18.2 Å². The molecule has 6 heteroatoms. The third kappa shape index (κ3) is 3.56. The minimum Gasteiger partial charge on any atom is -0.373 e. The summed E-state index contributed by atoms with van der Waals surface area (Å²) >= 11 is 0. The zero-order valence-electron chi connectivity index (χ0n) is 8.99. The van der Waals surface area contributed by atoms with Crippen LogP contribution in [0.1, 0.15) is 16.9 Å². The second-order valence-electron chi connectivity index (χ2n) is 3.13. The minimum absolute atomic E-state index is 0.122. The summed E-state index contributed by atoms with van der Waals surface area (Å²) in [5, 5.41) is 5.38. The van der Waals surface area contributed by atoms with Crippen LogP contribution in [0.3, 0.4) is 0 Å². The van der Waals surface area contributed by atoms with E-state index in [1.807, 2.05) is 0 Å². The number of rotatable bonds is 5. The number of anilines is 1. The van der Waals surface area contributed by atoms with Crippen LogP contribution in [-0.2, 0) is 4.79 Å². The smallest absolute Gasteiger partial charge is 0.269 e. The molecule has 1 aromatic rings. The summed E-state index contributed by atoms with van der Waals surface area (Å²) in [5.41, 5.74) is 5.25. The molecular formula is C10H14N4O2. The molecule has 0 fully saturated rings. The van der Waals surface area contributed by atoms with Crippen LogP contribution in [0.5, 0.6) is 0 Å². The first-order chi connectivity index (χ1) is 7.63. The van der Waals surface area contributed by atoms with E-state index in [9.17, 15) is 9.59 Å². The van der Waals surface area contributed by atoms with E-state index in [4.69, 9.17) is 5.73 Å². The molecule has 0 spiro atoms. The highest BCUT2D eigenvalue weighted by molar-refractivity contribution is 5.92. The van der Waals surface area contributed by atoms with E-state index in [1.54, 1.807) is 25.2 Å². The molecule has 1 heterocycles. The molecule has 0 aliphatic rings. The predicted molar refractivity (Wildman–Crippen MR) is 59.9 cm³/mol. The second-order valence-corrected chi connectivity index (χ2v) is 3.13. The summed E-state index contributed by atoms with van der Waals surface area (Å²) in [6.07, 6.45) is 0.122. The second kappa shape index (κ2) is 5.69. The highest BCUT2D eigenvalue weighted by Crippen LogP contribution is 2.03. The zero-order valence-corrected chi connectivity index (χ0v) is 8.99. The van der Waals surface area contributed by atoms with Gasteiger partial charge in [0, 0.05) is 20.0 Å². The van der Waals surface area contributed by atoms with Crippen LogP contribution in [0.25, 0.3) is 0 Å². The molecule has 0 radical (unpaired) electrons. The Labute approximate surface area is 93.2 Å². The number of nitrogens with one attached hydrogen (secondary N) is 2. The lowest BCUT2D eigenvalue weighted by Crippen LogP contribution is -2.28. The van der Waals surface area contributed by atoms with Crippen molar-refractivity contribution in [3.8, 4) is 0 Å². The van der Waals surface area contributed by atoms with Gasteiger partial charge in [-0.25, -0.2) is 4.98 Å². The van der Waals surface area contributed by atoms with Gasteiger partial charge in [0.1, 0.15) is 11.5 Å². The lowest BCUT2D eigenvalue weighted by Gasteiger charge is -2.04. The lowest BCUT2D eigenvalue weighted by molar-refractivity contribution is -0.117. The van der Waals surface area contributed by atoms with E-state index in [0.717, 1.165) is 0 Å². The predicted octanol–water partition coefficient (Wildman–Crippen LogP) is -0.272. The van der Waals surface area contributed by atoms with Crippen molar-refractivity contribution in [2.75, 3.05) is 18.9 Å². The lowest BCUT2D eigenvalue weighted by atomic mass is 10.3. The minimum atomic E-state index is -0.447. The summed E-state index contributed by atoms with van der Waals surface area (Å²) < 4.78 is 0. The highest BCUT2D eigenvalue weighted by atomic mass is 16.2. The number of nitrogens with zero attached hydrogens (tertiary/aromatic N) is 1. The van der Waals surface area contributed by atoms with Gasteiger partial charge in [-0.2, -0.15) is 0 Å². The van der Waals surface area contributed by atoms with E-state index < -0.39 is 5.91 Å². The van der Waals surface area contributed by atoms with Gasteiger partial charge in [-0.05, 0) is 12.1 Å². The van der Waals surface area contributed by atoms with Gasteiger partial charge in [-0.15, -0.1) is 0 Å². The van der Waals surface area contributed by atoms with Gasteiger partial charge < -0.3 is 16.4 Å². The number of pyridine rings is 1. The standard InChI is InChI=1S/C10H14N4O2/c1-12-9-4-2-3-7(14-9)10(16)13-6-5-8(11)15/h2-4H,5-6H2,1H3,(H2,11,15)(H,12,14)(H,13,16). The summed E-state index contributed by atoms with van der Waals surface area (Å²) in [4.78, 5) is 26.1. The molecule has 0 bridgehead atoms. The molecule has 0 atom stereocenters. The van der Waals surface area contributed by atoms with Crippen LogP contribution < -0.4 is 16.4 Å². The SMILES string of the molecule is CNc1cccc(C(=O)NCCC(N)=O)n1. The molecule has 86 valence electrons. The maximum atomic E-state index is 11.5.